The van der Waals surface area contributed by atoms with E-state index in [2.05, 4.69) is 0 Å². The third-order valence-electron chi connectivity index (χ3n) is 1.54. The predicted octanol–water partition coefficient (Wildman–Crippen LogP) is 1.67. The summed E-state index contributed by atoms with van der Waals surface area (Å²) in [5.41, 5.74) is 0.719. The fraction of sp³-hybridized carbons (Fsp3) is 0.222. The summed E-state index contributed by atoms with van der Waals surface area (Å²) in [7, 11) is 3.07. The Kier molecular flexibility index (Phi) is 2.69. The van der Waals surface area contributed by atoms with Crippen LogP contribution in [0, 0.1) is 5.41 Å². The molecule has 1 aromatic carbocycles. The first-order chi connectivity index (χ1) is 5.77. The molecule has 1 aromatic rings. The van der Waals surface area contributed by atoms with Crippen LogP contribution in [0.5, 0.6) is 5.75 Å². The van der Waals surface area contributed by atoms with Gasteiger partial charge in [0.2, 0.25) is 5.90 Å². The molecule has 3 heteroatoms. The van der Waals surface area contributed by atoms with Gasteiger partial charge in [0.1, 0.15) is 5.75 Å². The average molecular weight is 165 g/mol. The molecule has 0 aliphatic heterocycles. The first-order valence-electron chi connectivity index (χ1n) is 3.55. The molecule has 64 valence electrons. The van der Waals surface area contributed by atoms with Gasteiger partial charge in [0.25, 0.3) is 0 Å². The van der Waals surface area contributed by atoms with E-state index in [1.165, 1.54) is 7.11 Å². The van der Waals surface area contributed by atoms with Crippen LogP contribution in [0.3, 0.4) is 0 Å². The van der Waals surface area contributed by atoms with Crippen molar-refractivity contribution >= 4 is 5.90 Å². The Labute approximate surface area is 71.4 Å². The van der Waals surface area contributed by atoms with Crippen LogP contribution in [0.15, 0.2) is 24.3 Å². The SMILES string of the molecule is COC(=N)c1cccc(OC)c1. The fourth-order valence-corrected chi connectivity index (χ4v) is 0.882. The highest BCUT2D eigenvalue weighted by molar-refractivity contribution is 5.91. The van der Waals surface area contributed by atoms with E-state index in [0.717, 1.165) is 11.3 Å². The Morgan fingerprint density at radius 2 is 2.08 bits per heavy atom. The molecule has 0 saturated carbocycles. The van der Waals surface area contributed by atoms with E-state index in [9.17, 15) is 0 Å². The molecule has 0 unspecified atom stereocenters. The largest absolute Gasteiger partial charge is 0.497 e. The van der Waals surface area contributed by atoms with Gasteiger partial charge in [-0.25, -0.2) is 0 Å². The van der Waals surface area contributed by atoms with Crippen LogP contribution in [0.2, 0.25) is 0 Å². The minimum absolute atomic E-state index is 0.147. The molecular weight excluding hydrogens is 154 g/mol. The van der Waals surface area contributed by atoms with Gasteiger partial charge in [0.05, 0.1) is 14.2 Å². The van der Waals surface area contributed by atoms with Crippen molar-refractivity contribution in [3.05, 3.63) is 29.8 Å². The quantitative estimate of drug-likeness (QED) is 0.535. The molecule has 12 heavy (non-hydrogen) atoms. The van der Waals surface area contributed by atoms with Gasteiger partial charge < -0.3 is 9.47 Å². The minimum Gasteiger partial charge on any atom is -0.497 e. The van der Waals surface area contributed by atoms with Crippen molar-refractivity contribution in [3.8, 4) is 5.75 Å². The Hall–Kier alpha value is -1.51. The predicted molar refractivity (Wildman–Crippen MR) is 46.8 cm³/mol. The molecule has 0 radical (unpaired) electrons. The molecule has 0 aliphatic rings. The van der Waals surface area contributed by atoms with E-state index in [0.29, 0.717) is 0 Å². The van der Waals surface area contributed by atoms with Crippen molar-refractivity contribution in [3.63, 3.8) is 0 Å². The number of methoxy groups -OCH3 is 2. The van der Waals surface area contributed by atoms with Crippen LogP contribution in [-0.2, 0) is 4.74 Å². The number of hydrogen-bond acceptors (Lipinski definition) is 3. The van der Waals surface area contributed by atoms with Crippen molar-refractivity contribution in [2.75, 3.05) is 14.2 Å². The molecule has 0 saturated heterocycles. The lowest BCUT2D eigenvalue weighted by atomic mass is 10.2. The van der Waals surface area contributed by atoms with Crippen LogP contribution < -0.4 is 4.74 Å². The van der Waals surface area contributed by atoms with Crippen LogP contribution in [-0.4, -0.2) is 20.1 Å². The Morgan fingerprint density at radius 3 is 2.67 bits per heavy atom. The van der Waals surface area contributed by atoms with Crippen LogP contribution >= 0.6 is 0 Å². The monoisotopic (exact) mass is 165 g/mol. The lowest BCUT2D eigenvalue weighted by molar-refractivity contribution is 0.398. The van der Waals surface area contributed by atoms with Gasteiger partial charge in [0.15, 0.2) is 0 Å². The first-order valence-corrected chi connectivity index (χ1v) is 3.55. The zero-order valence-corrected chi connectivity index (χ0v) is 7.13. The standard InChI is InChI=1S/C9H11NO2/c1-11-8-5-3-4-7(6-8)9(10)12-2/h3-6,10H,1-2H3. The lowest BCUT2D eigenvalue weighted by Gasteiger charge is -2.03. The average Bonchev–Trinajstić information content (AvgIpc) is 2.17. The Balaban J connectivity index is 2.93. The van der Waals surface area contributed by atoms with Crippen molar-refractivity contribution < 1.29 is 9.47 Å². The van der Waals surface area contributed by atoms with Crippen molar-refractivity contribution in [1.82, 2.24) is 0 Å². The summed E-state index contributed by atoms with van der Waals surface area (Å²) >= 11 is 0. The molecule has 0 amide bonds. The van der Waals surface area contributed by atoms with Crippen LogP contribution in [0.4, 0.5) is 0 Å². The molecular formula is C9H11NO2. The second-order valence-electron chi connectivity index (χ2n) is 2.27. The van der Waals surface area contributed by atoms with E-state index in [1.807, 2.05) is 12.1 Å². The summed E-state index contributed by atoms with van der Waals surface area (Å²) in [6.07, 6.45) is 0. The smallest absolute Gasteiger partial charge is 0.213 e. The molecule has 0 atom stereocenters. The van der Waals surface area contributed by atoms with Gasteiger partial charge in [0, 0.05) is 5.56 Å². The third-order valence-corrected chi connectivity index (χ3v) is 1.54. The maximum absolute atomic E-state index is 7.37. The molecule has 0 aromatic heterocycles. The van der Waals surface area contributed by atoms with Gasteiger partial charge in [-0.05, 0) is 18.2 Å². The summed E-state index contributed by atoms with van der Waals surface area (Å²) in [5, 5.41) is 7.37. The highest BCUT2D eigenvalue weighted by Gasteiger charge is 2.00. The van der Waals surface area contributed by atoms with E-state index in [1.54, 1.807) is 19.2 Å². The zero-order valence-electron chi connectivity index (χ0n) is 7.13. The molecule has 0 fully saturated rings. The molecule has 1 rings (SSSR count). The van der Waals surface area contributed by atoms with Crippen LogP contribution in [0.25, 0.3) is 0 Å². The van der Waals surface area contributed by atoms with E-state index >= 15 is 0 Å². The number of benzene rings is 1. The van der Waals surface area contributed by atoms with E-state index in [4.69, 9.17) is 14.9 Å². The maximum Gasteiger partial charge on any atom is 0.213 e. The second kappa shape index (κ2) is 3.76. The topological polar surface area (TPSA) is 42.3 Å². The molecule has 0 bridgehead atoms. The summed E-state index contributed by atoms with van der Waals surface area (Å²) in [6.45, 7) is 0. The van der Waals surface area contributed by atoms with Crippen molar-refractivity contribution in [2.45, 2.75) is 0 Å². The number of rotatable bonds is 2. The Morgan fingerprint density at radius 1 is 1.33 bits per heavy atom. The van der Waals surface area contributed by atoms with E-state index < -0.39 is 0 Å². The molecule has 0 aliphatic carbocycles. The van der Waals surface area contributed by atoms with Gasteiger partial charge in [-0.2, -0.15) is 0 Å². The fourth-order valence-electron chi connectivity index (χ4n) is 0.882. The Bertz CT molecular complexity index is 284. The number of nitrogens with one attached hydrogen (secondary N) is 1. The summed E-state index contributed by atoms with van der Waals surface area (Å²) < 4.78 is 9.76. The third kappa shape index (κ3) is 1.75. The summed E-state index contributed by atoms with van der Waals surface area (Å²) in [4.78, 5) is 0. The second-order valence-corrected chi connectivity index (χ2v) is 2.27. The summed E-state index contributed by atoms with van der Waals surface area (Å²) in [5.74, 6) is 0.878. The highest BCUT2D eigenvalue weighted by Crippen LogP contribution is 2.12. The van der Waals surface area contributed by atoms with Gasteiger partial charge in [-0.3, -0.25) is 5.41 Å². The molecule has 1 N–H and O–H groups in total. The first kappa shape index (κ1) is 8.59. The van der Waals surface area contributed by atoms with Crippen molar-refractivity contribution in [2.24, 2.45) is 0 Å². The van der Waals surface area contributed by atoms with E-state index in [-0.39, 0.29) is 5.90 Å². The van der Waals surface area contributed by atoms with Crippen molar-refractivity contribution in [1.29, 1.82) is 5.41 Å². The normalized spacial score (nSPS) is 9.17. The highest BCUT2D eigenvalue weighted by atomic mass is 16.5. The molecule has 0 spiro atoms. The van der Waals surface area contributed by atoms with Crippen LogP contribution in [0.1, 0.15) is 5.56 Å². The minimum atomic E-state index is 0.147. The maximum atomic E-state index is 7.37. The van der Waals surface area contributed by atoms with Gasteiger partial charge in [-0.15, -0.1) is 0 Å². The summed E-state index contributed by atoms with van der Waals surface area (Å²) in [6, 6.07) is 7.20. The lowest BCUT2D eigenvalue weighted by Crippen LogP contribution is -2.00. The molecule has 0 heterocycles. The number of ether oxygens (including phenoxy) is 2. The molecule has 3 nitrogen and oxygen atoms in total. The van der Waals surface area contributed by atoms with Gasteiger partial charge >= 0.3 is 0 Å². The zero-order chi connectivity index (χ0) is 8.97. The number of hydrogen-bond donors (Lipinski definition) is 1. The van der Waals surface area contributed by atoms with Gasteiger partial charge in [-0.1, -0.05) is 6.07 Å².